The van der Waals surface area contributed by atoms with Gasteiger partial charge in [0.25, 0.3) is 5.91 Å². The molecule has 2 aromatic rings. The molecule has 2 rings (SSSR count). The third kappa shape index (κ3) is 5.15. The molecule has 30 heavy (non-hydrogen) atoms. The van der Waals surface area contributed by atoms with E-state index in [-0.39, 0.29) is 28.5 Å². The van der Waals surface area contributed by atoms with Gasteiger partial charge in [0, 0.05) is 13.1 Å². The average molecular weight is 459 g/mol. The molecule has 0 N–H and O–H groups in total. The second-order valence-electron chi connectivity index (χ2n) is 6.37. The van der Waals surface area contributed by atoms with Crippen LogP contribution in [0.15, 0.2) is 53.4 Å². The van der Waals surface area contributed by atoms with Crippen LogP contribution in [0.3, 0.4) is 0 Å². The van der Waals surface area contributed by atoms with Gasteiger partial charge >= 0.3 is 0 Å². The van der Waals surface area contributed by atoms with E-state index in [1.807, 2.05) is 0 Å². The third-order valence-electron chi connectivity index (χ3n) is 4.15. The number of rotatable bonds is 9. The lowest BCUT2D eigenvalue weighted by Gasteiger charge is -2.25. The highest BCUT2D eigenvalue weighted by molar-refractivity contribution is 7.93. The van der Waals surface area contributed by atoms with Crippen LogP contribution in [-0.2, 0) is 24.8 Å². The Balaban J connectivity index is 2.42. The van der Waals surface area contributed by atoms with Gasteiger partial charge in [0.1, 0.15) is 0 Å². The molecular formula is C19H23FN2O6S2. The summed E-state index contributed by atoms with van der Waals surface area (Å²) in [6.45, 7) is 0.856. The van der Waals surface area contributed by atoms with E-state index in [1.54, 1.807) is 13.0 Å². The number of carbonyl (C=O) groups excluding carboxylic acids is 1. The number of methoxy groups -OCH3 is 1. The zero-order chi connectivity index (χ0) is 22.5. The van der Waals surface area contributed by atoms with Gasteiger partial charge in [-0.15, -0.1) is 0 Å². The first kappa shape index (κ1) is 23.8. The van der Waals surface area contributed by atoms with E-state index >= 15 is 0 Å². The third-order valence-corrected chi connectivity index (χ3v) is 7.86. The fourth-order valence-corrected chi connectivity index (χ4v) is 5.35. The number of benzene rings is 2. The largest absolute Gasteiger partial charge is 0.494 e. The summed E-state index contributed by atoms with van der Waals surface area (Å²) in [6.07, 6.45) is 0.211. The zero-order valence-corrected chi connectivity index (χ0v) is 18.4. The van der Waals surface area contributed by atoms with Crippen LogP contribution in [0.1, 0.15) is 13.3 Å². The van der Waals surface area contributed by atoms with Crippen LogP contribution in [0.25, 0.3) is 0 Å². The first-order valence-electron chi connectivity index (χ1n) is 8.95. The van der Waals surface area contributed by atoms with Crippen LogP contribution >= 0.6 is 0 Å². The van der Waals surface area contributed by atoms with Crippen molar-refractivity contribution < 1.29 is 30.8 Å². The van der Waals surface area contributed by atoms with Crippen LogP contribution in [0.5, 0.6) is 5.75 Å². The maximum absolute atomic E-state index is 14.2. The number of sulfonamides is 2. The summed E-state index contributed by atoms with van der Waals surface area (Å²) in [5.41, 5.74) is -0.239. The predicted molar refractivity (Wildman–Crippen MR) is 111 cm³/mol. The van der Waals surface area contributed by atoms with Crippen LogP contribution in [0, 0.1) is 5.82 Å². The molecule has 1 amide bonds. The predicted octanol–water partition coefficient (Wildman–Crippen LogP) is 2.23. The van der Waals surface area contributed by atoms with Gasteiger partial charge < -0.3 is 4.74 Å². The summed E-state index contributed by atoms with van der Waals surface area (Å²) < 4.78 is 70.9. The fraction of sp³-hybridized carbons (Fsp3) is 0.316. The number of hydrogen-bond acceptors (Lipinski definition) is 6. The molecule has 0 saturated carbocycles. The summed E-state index contributed by atoms with van der Waals surface area (Å²) in [6, 6.07) is 10.7. The molecular weight excluding hydrogens is 435 g/mol. The molecule has 0 atom stereocenters. The smallest absolute Gasteiger partial charge is 0.256 e. The first-order valence-corrected chi connectivity index (χ1v) is 12.0. The van der Waals surface area contributed by atoms with Crippen molar-refractivity contribution in [2.75, 3.05) is 30.8 Å². The van der Waals surface area contributed by atoms with Gasteiger partial charge in [-0.05, 0) is 30.7 Å². The second kappa shape index (κ2) is 9.54. The van der Waals surface area contributed by atoms with E-state index in [0.29, 0.717) is 4.31 Å². The van der Waals surface area contributed by atoms with Crippen LogP contribution in [0.4, 0.5) is 10.1 Å². The van der Waals surface area contributed by atoms with E-state index in [4.69, 9.17) is 4.74 Å². The van der Waals surface area contributed by atoms with Crippen molar-refractivity contribution in [1.29, 1.82) is 0 Å². The maximum Gasteiger partial charge on any atom is 0.256 e. The van der Waals surface area contributed by atoms with Crippen molar-refractivity contribution in [2.45, 2.75) is 18.2 Å². The SMILES string of the molecule is CCCS(=O)(=O)N(C(=O)CN(C)S(=O)(=O)c1ccccc1)c1ccc(OC)c(F)c1. The van der Waals surface area contributed by atoms with Crippen molar-refractivity contribution in [3.05, 3.63) is 54.3 Å². The number of nitrogens with zero attached hydrogens (tertiary/aromatic N) is 2. The zero-order valence-electron chi connectivity index (χ0n) is 16.8. The molecule has 0 aliphatic carbocycles. The number of halogens is 1. The maximum atomic E-state index is 14.2. The number of amides is 1. The fourth-order valence-electron chi connectivity index (χ4n) is 2.70. The molecule has 2 aromatic carbocycles. The van der Waals surface area contributed by atoms with Crippen LogP contribution < -0.4 is 9.04 Å². The van der Waals surface area contributed by atoms with Gasteiger partial charge in [-0.2, -0.15) is 4.31 Å². The molecule has 164 valence electrons. The lowest BCUT2D eigenvalue weighted by Crippen LogP contribution is -2.45. The topological polar surface area (TPSA) is 101 Å². The van der Waals surface area contributed by atoms with Crippen molar-refractivity contribution in [3.63, 3.8) is 0 Å². The Hall–Kier alpha value is -2.50. The Labute approximate surface area is 176 Å². The number of ether oxygens (including phenoxy) is 1. The standard InChI is InChI=1S/C19H23FN2O6S2/c1-4-12-29(24,25)22(15-10-11-18(28-3)17(20)13-15)19(23)14-21(2)30(26,27)16-8-6-5-7-9-16/h5-11,13H,4,12,14H2,1-3H3. The Morgan fingerprint density at radius 3 is 2.23 bits per heavy atom. The summed E-state index contributed by atoms with van der Waals surface area (Å²) >= 11 is 0. The highest BCUT2D eigenvalue weighted by Gasteiger charge is 2.32. The quantitative estimate of drug-likeness (QED) is 0.571. The van der Waals surface area contributed by atoms with Crippen LogP contribution in [0.2, 0.25) is 0 Å². The Morgan fingerprint density at radius 1 is 1.07 bits per heavy atom. The van der Waals surface area contributed by atoms with Gasteiger partial charge in [0.15, 0.2) is 11.6 Å². The van der Waals surface area contributed by atoms with E-state index < -0.39 is 38.3 Å². The minimum absolute atomic E-state index is 0.0428. The van der Waals surface area contributed by atoms with Crippen molar-refractivity contribution in [1.82, 2.24) is 4.31 Å². The summed E-state index contributed by atoms with van der Waals surface area (Å²) in [7, 11) is -5.78. The molecule has 0 fully saturated rings. The molecule has 0 aliphatic heterocycles. The monoisotopic (exact) mass is 458 g/mol. The number of anilines is 1. The van der Waals surface area contributed by atoms with Gasteiger partial charge in [-0.25, -0.2) is 25.5 Å². The highest BCUT2D eigenvalue weighted by atomic mass is 32.2. The highest BCUT2D eigenvalue weighted by Crippen LogP contribution is 2.26. The van der Waals surface area contributed by atoms with Gasteiger partial charge in [-0.3, -0.25) is 4.79 Å². The summed E-state index contributed by atoms with van der Waals surface area (Å²) in [5, 5.41) is 0. The minimum Gasteiger partial charge on any atom is -0.494 e. The number of hydrogen-bond donors (Lipinski definition) is 0. The van der Waals surface area contributed by atoms with Crippen molar-refractivity contribution in [2.24, 2.45) is 0 Å². The Bertz CT molecular complexity index is 1110. The molecule has 0 bridgehead atoms. The molecule has 0 radical (unpaired) electrons. The first-order chi connectivity index (χ1) is 14.0. The molecule has 0 aliphatic rings. The van der Waals surface area contributed by atoms with E-state index in [1.165, 1.54) is 50.6 Å². The van der Waals surface area contributed by atoms with Crippen molar-refractivity contribution in [3.8, 4) is 5.75 Å². The summed E-state index contributed by atoms with van der Waals surface area (Å²) in [5.74, 6) is -2.38. The van der Waals surface area contributed by atoms with Gasteiger partial charge in [-0.1, -0.05) is 25.1 Å². The normalized spacial score (nSPS) is 12.0. The lowest BCUT2D eigenvalue weighted by molar-refractivity contribution is -0.117. The number of likely N-dealkylation sites (N-methyl/N-ethyl adjacent to an activating group) is 1. The molecule has 0 unspecified atom stereocenters. The molecule has 0 saturated heterocycles. The van der Waals surface area contributed by atoms with E-state index in [9.17, 15) is 26.0 Å². The average Bonchev–Trinajstić information content (AvgIpc) is 2.68. The van der Waals surface area contributed by atoms with Gasteiger partial charge in [0.05, 0.1) is 30.0 Å². The van der Waals surface area contributed by atoms with Crippen molar-refractivity contribution >= 4 is 31.6 Å². The molecule has 11 heteroatoms. The lowest BCUT2D eigenvalue weighted by atomic mass is 10.3. The van der Waals surface area contributed by atoms with Gasteiger partial charge in [0.2, 0.25) is 20.0 Å². The Morgan fingerprint density at radius 2 is 1.70 bits per heavy atom. The second-order valence-corrected chi connectivity index (χ2v) is 10.3. The minimum atomic E-state index is -4.16. The van der Waals surface area contributed by atoms with Crippen LogP contribution in [-0.4, -0.2) is 53.5 Å². The molecule has 0 spiro atoms. The number of carbonyl (C=O) groups is 1. The molecule has 0 aromatic heterocycles. The van der Waals surface area contributed by atoms with E-state index in [2.05, 4.69) is 0 Å². The molecule has 0 heterocycles. The Kier molecular flexibility index (Phi) is 7.56. The summed E-state index contributed by atoms with van der Waals surface area (Å²) in [4.78, 5) is 12.9. The van der Waals surface area contributed by atoms with E-state index in [0.717, 1.165) is 10.4 Å². The molecule has 8 nitrogen and oxygen atoms in total.